The molecule has 1 N–H and O–H groups in total. The van der Waals surface area contributed by atoms with E-state index in [0.717, 1.165) is 5.56 Å². The van der Waals surface area contributed by atoms with Gasteiger partial charge >= 0.3 is 0 Å². The lowest BCUT2D eigenvalue weighted by Crippen LogP contribution is -2.51. The molecule has 0 aromatic heterocycles. The Kier molecular flexibility index (Phi) is 7.19. The second kappa shape index (κ2) is 9.65. The van der Waals surface area contributed by atoms with Gasteiger partial charge in [-0.05, 0) is 36.2 Å². The van der Waals surface area contributed by atoms with E-state index in [-0.39, 0.29) is 19.6 Å². The number of nitrogens with zero attached hydrogens (tertiary/aromatic N) is 2. The van der Waals surface area contributed by atoms with Crippen LogP contribution in [0.1, 0.15) is 12.0 Å². The van der Waals surface area contributed by atoms with Crippen LogP contribution in [0.25, 0.3) is 0 Å². The Balaban J connectivity index is 1.67. The molecule has 0 atom stereocenters. The molecule has 0 spiro atoms. The van der Waals surface area contributed by atoms with Crippen LogP contribution >= 0.6 is 11.6 Å². The fourth-order valence-electron chi connectivity index (χ4n) is 3.25. The first-order valence-corrected chi connectivity index (χ1v) is 11.1. The zero-order valence-corrected chi connectivity index (χ0v) is 18.4. The first kappa shape index (κ1) is 22.4. The fourth-order valence-corrected chi connectivity index (χ4v) is 5.10. The number of nitrogens with one attached hydrogen (secondary N) is 1. The predicted octanol–water partition coefficient (Wildman–Crippen LogP) is 2.75. The summed E-state index contributed by atoms with van der Waals surface area (Å²) < 4.78 is 38.9. The van der Waals surface area contributed by atoms with Crippen molar-refractivity contribution in [3.8, 4) is 11.5 Å². The molecule has 1 heterocycles. The minimum absolute atomic E-state index is 0.205. The van der Waals surface area contributed by atoms with Crippen LogP contribution in [-0.4, -0.2) is 56.8 Å². The zero-order valence-electron chi connectivity index (χ0n) is 16.8. The van der Waals surface area contributed by atoms with Crippen molar-refractivity contribution in [1.29, 1.82) is 0 Å². The van der Waals surface area contributed by atoms with E-state index in [1.165, 1.54) is 22.8 Å². The maximum atomic E-state index is 13.0. The van der Waals surface area contributed by atoms with Gasteiger partial charge in [-0.2, -0.15) is 17.0 Å². The van der Waals surface area contributed by atoms with Crippen LogP contribution in [0.5, 0.6) is 11.5 Å². The Bertz CT molecular complexity index is 1020. The van der Waals surface area contributed by atoms with E-state index in [2.05, 4.69) is 5.32 Å². The van der Waals surface area contributed by atoms with Crippen LogP contribution in [0.15, 0.2) is 42.5 Å². The molecule has 0 saturated carbocycles. The van der Waals surface area contributed by atoms with Gasteiger partial charge in [0.05, 0.1) is 20.8 Å². The molecule has 162 valence electrons. The summed E-state index contributed by atoms with van der Waals surface area (Å²) in [5, 5.41) is 3.26. The van der Waals surface area contributed by atoms with Crippen molar-refractivity contribution >= 4 is 33.4 Å². The lowest BCUT2D eigenvalue weighted by molar-refractivity contribution is -0.116. The Morgan fingerprint density at radius 2 is 1.80 bits per heavy atom. The molecule has 1 fully saturated rings. The molecule has 1 aliphatic heterocycles. The highest BCUT2D eigenvalue weighted by Crippen LogP contribution is 2.29. The van der Waals surface area contributed by atoms with E-state index in [9.17, 15) is 13.2 Å². The Morgan fingerprint density at radius 1 is 1.07 bits per heavy atom. The van der Waals surface area contributed by atoms with E-state index in [1.54, 1.807) is 36.4 Å². The zero-order chi connectivity index (χ0) is 21.7. The highest BCUT2D eigenvalue weighted by molar-refractivity contribution is 7.86. The minimum atomic E-state index is -3.77. The Morgan fingerprint density at radius 3 is 2.50 bits per heavy atom. The van der Waals surface area contributed by atoms with Gasteiger partial charge in [-0.15, -0.1) is 0 Å². The maximum absolute atomic E-state index is 13.0. The number of ether oxygens (including phenoxy) is 2. The normalized spacial score (nSPS) is 16.8. The van der Waals surface area contributed by atoms with Crippen LogP contribution in [0.3, 0.4) is 0 Å². The van der Waals surface area contributed by atoms with Crippen LogP contribution in [0.2, 0.25) is 5.02 Å². The summed E-state index contributed by atoms with van der Waals surface area (Å²) in [5.74, 6) is 0.565. The van der Waals surface area contributed by atoms with Gasteiger partial charge in [0, 0.05) is 36.4 Å². The topological polar surface area (TPSA) is 88.2 Å². The van der Waals surface area contributed by atoms with Crippen LogP contribution in [0.4, 0.5) is 5.69 Å². The van der Waals surface area contributed by atoms with Crippen molar-refractivity contribution in [2.45, 2.75) is 13.0 Å². The molecule has 0 radical (unpaired) electrons. The standard InChI is InChI=1S/C20H24ClN3O5S/c1-28-18-8-7-17(12-19(18)29-2)22-20(25)14-24-10-4-9-23(30(24,26)27)13-15-5-3-6-16(21)11-15/h3,5-8,11-12H,4,9-10,13-14H2,1-2H3,(H,22,25). The van der Waals surface area contributed by atoms with Crippen LogP contribution in [-0.2, 0) is 21.5 Å². The molecule has 8 nitrogen and oxygen atoms in total. The minimum Gasteiger partial charge on any atom is -0.493 e. The average Bonchev–Trinajstić information content (AvgIpc) is 2.71. The van der Waals surface area contributed by atoms with Crippen molar-refractivity contribution in [1.82, 2.24) is 8.61 Å². The second-order valence-corrected chi connectivity index (χ2v) is 9.14. The maximum Gasteiger partial charge on any atom is 0.282 e. The lowest BCUT2D eigenvalue weighted by Gasteiger charge is -2.34. The van der Waals surface area contributed by atoms with Crippen molar-refractivity contribution in [3.63, 3.8) is 0 Å². The fraction of sp³-hybridized carbons (Fsp3) is 0.350. The largest absolute Gasteiger partial charge is 0.493 e. The third kappa shape index (κ3) is 5.23. The van der Waals surface area contributed by atoms with E-state index in [0.29, 0.717) is 35.2 Å². The van der Waals surface area contributed by atoms with Crippen LogP contribution < -0.4 is 14.8 Å². The number of carbonyl (C=O) groups is 1. The molecule has 3 rings (SSSR count). The van der Waals surface area contributed by atoms with Gasteiger partial charge in [0.2, 0.25) is 5.91 Å². The van der Waals surface area contributed by atoms with Crippen molar-refractivity contribution in [2.75, 3.05) is 39.2 Å². The number of amides is 1. The number of benzene rings is 2. The number of anilines is 1. The van der Waals surface area contributed by atoms with Crippen molar-refractivity contribution < 1.29 is 22.7 Å². The molecule has 1 aliphatic rings. The Hall–Kier alpha value is -2.33. The summed E-state index contributed by atoms with van der Waals surface area (Å²) in [5.41, 5.74) is 1.28. The van der Waals surface area contributed by atoms with Crippen LogP contribution in [0, 0.1) is 0 Å². The number of hydrogen-bond acceptors (Lipinski definition) is 5. The van der Waals surface area contributed by atoms with E-state index in [1.807, 2.05) is 6.07 Å². The molecule has 1 saturated heterocycles. The highest BCUT2D eigenvalue weighted by Gasteiger charge is 2.34. The Labute approximate surface area is 181 Å². The van der Waals surface area contributed by atoms with Gasteiger partial charge in [0.15, 0.2) is 11.5 Å². The molecule has 2 aromatic carbocycles. The molecule has 0 unspecified atom stereocenters. The van der Waals surface area contributed by atoms with Gasteiger partial charge < -0.3 is 14.8 Å². The molecule has 1 amide bonds. The molecular formula is C20H24ClN3O5S. The third-order valence-electron chi connectivity index (χ3n) is 4.70. The smallest absolute Gasteiger partial charge is 0.282 e. The van der Waals surface area contributed by atoms with E-state index in [4.69, 9.17) is 21.1 Å². The average molecular weight is 454 g/mol. The van der Waals surface area contributed by atoms with E-state index >= 15 is 0 Å². The third-order valence-corrected chi connectivity index (χ3v) is 6.87. The number of methoxy groups -OCH3 is 2. The van der Waals surface area contributed by atoms with Gasteiger partial charge in [-0.1, -0.05) is 23.7 Å². The number of hydrogen-bond donors (Lipinski definition) is 1. The number of halogens is 1. The first-order valence-electron chi connectivity index (χ1n) is 9.35. The predicted molar refractivity (Wildman–Crippen MR) is 115 cm³/mol. The lowest BCUT2D eigenvalue weighted by atomic mass is 10.2. The number of rotatable bonds is 7. The summed E-state index contributed by atoms with van der Waals surface area (Å²) >= 11 is 6.00. The van der Waals surface area contributed by atoms with Gasteiger partial charge in [0.1, 0.15) is 0 Å². The SMILES string of the molecule is COc1ccc(NC(=O)CN2CCCN(Cc3cccc(Cl)c3)S2(=O)=O)cc1OC. The van der Waals surface area contributed by atoms with Crippen molar-refractivity contribution in [3.05, 3.63) is 53.1 Å². The molecule has 30 heavy (non-hydrogen) atoms. The summed E-state index contributed by atoms with van der Waals surface area (Å²) in [6, 6.07) is 12.0. The molecule has 0 bridgehead atoms. The summed E-state index contributed by atoms with van der Waals surface area (Å²) in [7, 11) is -0.750. The van der Waals surface area contributed by atoms with Gasteiger partial charge in [0.25, 0.3) is 10.2 Å². The quantitative estimate of drug-likeness (QED) is 0.696. The summed E-state index contributed by atoms with van der Waals surface area (Å²) in [6.45, 7) is 0.607. The summed E-state index contributed by atoms with van der Waals surface area (Å²) in [6.07, 6.45) is 0.628. The molecule has 2 aromatic rings. The highest BCUT2D eigenvalue weighted by atomic mass is 35.5. The van der Waals surface area contributed by atoms with Gasteiger partial charge in [-0.3, -0.25) is 4.79 Å². The second-order valence-electron chi connectivity index (χ2n) is 6.78. The monoisotopic (exact) mass is 453 g/mol. The molecule has 0 aliphatic carbocycles. The first-order chi connectivity index (χ1) is 14.3. The molecule has 10 heteroatoms. The molecular weight excluding hydrogens is 430 g/mol. The number of carbonyl (C=O) groups excluding carboxylic acids is 1. The van der Waals surface area contributed by atoms with Crippen molar-refractivity contribution in [2.24, 2.45) is 0 Å². The summed E-state index contributed by atoms with van der Waals surface area (Å²) in [4.78, 5) is 12.5. The van der Waals surface area contributed by atoms with E-state index < -0.39 is 16.1 Å². The van der Waals surface area contributed by atoms with Gasteiger partial charge in [-0.25, -0.2) is 0 Å².